The second kappa shape index (κ2) is 7.33. The number of carbonyl (C=O) groups excluding carboxylic acids is 2. The van der Waals surface area contributed by atoms with Gasteiger partial charge >= 0.3 is 5.97 Å². The molecule has 0 aliphatic carbocycles. The molecule has 0 N–H and O–H groups in total. The molecule has 0 aromatic carbocycles. The molecule has 1 aromatic rings. The highest BCUT2D eigenvalue weighted by atomic mass is 32.1. The van der Waals surface area contributed by atoms with E-state index in [4.69, 9.17) is 4.74 Å². The maximum absolute atomic E-state index is 12.6. The first-order valence-corrected chi connectivity index (χ1v) is 7.53. The van der Waals surface area contributed by atoms with Crippen LogP contribution in [0.1, 0.15) is 22.5 Å². The molecule has 1 saturated heterocycles. The average molecular weight is 310 g/mol. The monoisotopic (exact) mass is 310 g/mol. The third-order valence-electron chi connectivity index (χ3n) is 3.20. The van der Waals surface area contributed by atoms with Crippen LogP contribution in [0.4, 0.5) is 5.13 Å². The molecule has 1 fully saturated rings. The fraction of sp³-hybridized carbons (Fsp3) is 0.500. The van der Waals surface area contributed by atoms with Gasteiger partial charge in [0.1, 0.15) is 4.88 Å². The lowest BCUT2D eigenvalue weighted by Crippen LogP contribution is -2.39. The highest BCUT2D eigenvalue weighted by Crippen LogP contribution is 2.26. The molecule has 21 heavy (non-hydrogen) atoms. The van der Waals surface area contributed by atoms with Gasteiger partial charge in [-0.15, -0.1) is 6.58 Å². The molecule has 114 valence electrons. The van der Waals surface area contributed by atoms with Crippen LogP contribution in [0.25, 0.3) is 0 Å². The predicted octanol–water partition coefficient (Wildman–Crippen LogP) is 1.88. The van der Waals surface area contributed by atoms with Gasteiger partial charge in [-0.3, -0.25) is 9.69 Å². The summed E-state index contributed by atoms with van der Waals surface area (Å²) in [5, 5.41) is 0.478. The summed E-state index contributed by atoms with van der Waals surface area (Å²) in [5.41, 5.74) is 0. The summed E-state index contributed by atoms with van der Waals surface area (Å²) in [7, 11) is 1.31. The van der Waals surface area contributed by atoms with Gasteiger partial charge in [0.15, 0.2) is 5.13 Å². The summed E-state index contributed by atoms with van der Waals surface area (Å²) < 4.78 is 10.0. The molecule has 1 aliphatic rings. The molecule has 7 heteroatoms. The van der Waals surface area contributed by atoms with Crippen molar-refractivity contribution >= 4 is 28.3 Å². The van der Waals surface area contributed by atoms with Gasteiger partial charge in [-0.2, -0.15) is 0 Å². The van der Waals surface area contributed by atoms with Crippen LogP contribution in [0.5, 0.6) is 0 Å². The standard InChI is InChI=1S/C14H18N2O4S/c1-3-6-16(12(17)10-5-4-7-20-9-10)14-15-8-11(21-14)13(18)19-2/h3,8,10H,1,4-7,9H2,2H3/t10-/m1/s1. The average Bonchev–Trinajstić information content (AvgIpc) is 3.01. The molecule has 0 unspecified atom stereocenters. The number of ether oxygens (including phenoxy) is 2. The highest BCUT2D eigenvalue weighted by molar-refractivity contribution is 7.17. The molecule has 1 aromatic heterocycles. The van der Waals surface area contributed by atoms with Gasteiger partial charge in [-0.05, 0) is 12.8 Å². The number of rotatable bonds is 5. The van der Waals surface area contributed by atoms with Crippen molar-refractivity contribution in [2.24, 2.45) is 5.92 Å². The Hall–Kier alpha value is -1.73. The zero-order chi connectivity index (χ0) is 15.2. The van der Waals surface area contributed by atoms with Gasteiger partial charge in [-0.25, -0.2) is 9.78 Å². The Bertz CT molecular complexity index is 523. The zero-order valence-electron chi connectivity index (χ0n) is 11.9. The fourth-order valence-electron chi connectivity index (χ4n) is 2.13. The molecule has 6 nitrogen and oxygen atoms in total. The summed E-state index contributed by atoms with van der Waals surface area (Å²) in [4.78, 5) is 30.1. The first-order chi connectivity index (χ1) is 10.2. The molecule has 2 heterocycles. The van der Waals surface area contributed by atoms with E-state index < -0.39 is 5.97 Å². The third kappa shape index (κ3) is 3.68. The first kappa shape index (κ1) is 15.7. The van der Waals surface area contributed by atoms with Crippen LogP contribution in [0.3, 0.4) is 0 Å². The lowest BCUT2D eigenvalue weighted by Gasteiger charge is -2.26. The predicted molar refractivity (Wildman–Crippen MR) is 79.5 cm³/mol. The number of hydrogen-bond donors (Lipinski definition) is 0. The van der Waals surface area contributed by atoms with Crippen LogP contribution >= 0.6 is 11.3 Å². The summed E-state index contributed by atoms with van der Waals surface area (Å²) in [6.45, 7) is 5.16. The van der Waals surface area contributed by atoms with Crippen LogP contribution < -0.4 is 4.90 Å². The molecule has 0 radical (unpaired) electrons. The minimum Gasteiger partial charge on any atom is -0.465 e. The molecule has 1 aliphatic heterocycles. The van der Waals surface area contributed by atoms with Crippen molar-refractivity contribution in [3.05, 3.63) is 23.7 Å². The topological polar surface area (TPSA) is 68.7 Å². The van der Waals surface area contributed by atoms with Crippen molar-refractivity contribution in [2.75, 3.05) is 31.8 Å². The quantitative estimate of drug-likeness (QED) is 0.613. The van der Waals surface area contributed by atoms with E-state index in [2.05, 4.69) is 16.3 Å². The highest BCUT2D eigenvalue weighted by Gasteiger charge is 2.29. The van der Waals surface area contributed by atoms with Crippen molar-refractivity contribution in [2.45, 2.75) is 12.8 Å². The smallest absolute Gasteiger partial charge is 0.349 e. The first-order valence-electron chi connectivity index (χ1n) is 6.71. The molecule has 0 spiro atoms. The Labute approximate surface area is 127 Å². The van der Waals surface area contributed by atoms with Crippen molar-refractivity contribution in [1.82, 2.24) is 4.98 Å². The van der Waals surface area contributed by atoms with Crippen molar-refractivity contribution < 1.29 is 19.1 Å². The molecule has 0 saturated carbocycles. The zero-order valence-corrected chi connectivity index (χ0v) is 12.7. The second-order valence-electron chi connectivity index (χ2n) is 4.65. The number of thiazole rings is 1. The maximum Gasteiger partial charge on any atom is 0.349 e. The summed E-state index contributed by atoms with van der Waals surface area (Å²) in [5.74, 6) is -0.657. The van der Waals surface area contributed by atoms with Gasteiger partial charge in [0.05, 0.1) is 25.8 Å². The van der Waals surface area contributed by atoms with Crippen molar-refractivity contribution in [3.8, 4) is 0 Å². The van der Waals surface area contributed by atoms with E-state index in [1.54, 1.807) is 11.0 Å². The Morgan fingerprint density at radius 1 is 1.67 bits per heavy atom. The van der Waals surface area contributed by atoms with E-state index in [9.17, 15) is 9.59 Å². The Kier molecular flexibility index (Phi) is 5.46. The molecule has 0 bridgehead atoms. The van der Waals surface area contributed by atoms with E-state index in [1.165, 1.54) is 13.3 Å². The van der Waals surface area contributed by atoms with E-state index in [-0.39, 0.29) is 11.8 Å². The van der Waals surface area contributed by atoms with Gasteiger partial charge in [0.25, 0.3) is 0 Å². The largest absolute Gasteiger partial charge is 0.465 e. The van der Waals surface area contributed by atoms with Crippen LogP contribution in [-0.2, 0) is 14.3 Å². The van der Waals surface area contributed by atoms with Gasteiger partial charge in [-0.1, -0.05) is 17.4 Å². The van der Waals surface area contributed by atoms with Crippen LogP contribution in [0.15, 0.2) is 18.9 Å². The minimum absolute atomic E-state index is 0.0413. The van der Waals surface area contributed by atoms with Crippen molar-refractivity contribution in [1.29, 1.82) is 0 Å². The molecule has 2 rings (SSSR count). The number of hydrogen-bond acceptors (Lipinski definition) is 6. The summed E-state index contributed by atoms with van der Waals surface area (Å²) in [6.07, 6.45) is 4.75. The SMILES string of the molecule is C=CCN(C(=O)[C@@H]1CCCOC1)c1ncc(C(=O)OC)s1. The normalized spacial score (nSPS) is 18.0. The number of methoxy groups -OCH3 is 1. The van der Waals surface area contributed by atoms with Gasteiger partial charge in [0, 0.05) is 13.2 Å². The second-order valence-corrected chi connectivity index (χ2v) is 5.66. The van der Waals surface area contributed by atoms with Crippen LogP contribution in [-0.4, -0.2) is 43.7 Å². The fourth-order valence-corrected chi connectivity index (χ4v) is 2.98. The van der Waals surface area contributed by atoms with E-state index in [0.29, 0.717) is 29.8 Å². The number of nitrogens with zero attached hydrogens (tertiary/aromatic N) is 2. The lowest BCUT2D eigenvalue weighted by molar-refractivity contribution is -0.126. The number of aromatic nitrogens is 1. The van der Waals surface area contributed by atoms with Crippen molar-refractivity contribution in [3.63, 3.8) is 0 Å². The lowest BCUT2D eigenvalue weighted by atomic mass is 10.0. The Balaban J connectivity index is 2.17. The molecule has 1 atom stereocenters. The summed E-state index contributed by atoms with van der Waals surface area (Å²) in [6, 6.07) is 0. The van der Waals surface area contributed by atoms with Gasteiger partial charge in [0.2, 0.25) is 5.91 Å². The summed E-state index contributed by atoms with van der Waals surface area (Å²) >= 11 is 1.14. The Morgan fingerprint density at radius 3 is 3.10 bits per heavy atom. The van der Waals surface area contributed by atoms with E-state index in [0.717, 1.165) is 24.2 Å². The van der Waals surface area contributed by atoms with E-state index >= 15 is 0 Å². The molecular formula is C14H18N2O4S. The number of carbonyl (C=O) groups is 2. The maximum atomic E-state index is 12.6. The van der Waals surface area contributed by atoms with E-state index in [1.807, 2.05) is 0 Å². The molecular weight excluding hydrogens is 292 g/mol. The number of esters is 1. The number of amides is 1. The minimum atomic E-state index is -0.453. The Morgan fingerprint density at radius 2 is 2.48 bits per heavy atom. The van der Waals surface area contributed by atoms with Crippen LogP contribution in [0.2, 0.25) is 0 Å². The van der Waals surface area contributed by atoms with Gasteiger partial charge < -0.3 is 9.47 Å². The van der Waals surface area contributed by atoms with Crippen LogP contribution in [0, 0.1) is 5.92 Å². The molecule has 1 amide bonds. The number of anilines is 1. The third-order valence-corrected chi connectivity index (χ3v) is 4.20.